The van der Waals surface area contributed by atoms with Crippen molar-refractivity contribution in [2.45, 2.75) is 33.4 Å². The lowest BCUT2D eigenvalue weighted by atomic mass is 10.1. The number of hydrogen-bond donors (Lipinski definition) is 1. The third-order valence-electron chi connectivity index (χ3n) is 4.93. The first-order valence-corrected chi connectivity index (χ1v) is 9.14. The lowest BCUT2D eigenvalue weighted by Crippen LogP contribution is -2.30. The summed E-state index contributed by atoms with van der Waals surface area (Å²) in [4.78, 5) is 25.9. The molecule has 1 N–H and O–H groups in total. The molecule has 0 spiro atoms. The van der Waals surface area contributed by atoms with Crippen molar-refractivity contribution in [2.24, 2.45) is 0 Å². The van der Waals surface area contributed by atoms with Crippen molar-refractivity contribution in [3.05, 3.63) is 68.5 Å². The van der Waals surface area contributed by atoms with Crippen molar-refractivity contribution < 1.29 is 9.53 Å². The van der Waals surface area contributed by atoms with Crippen LogP contribution in [0.5, 0.6) is 5.75 Å². The van der Waals surface area contributed by atoms with Gasteiger partial charge in [-0.25, -0.2) is 0 Å². The predicted octanol–water partition coefficient (Wildman–Crippen LogP) is 4.30. The van der Waals surface area contributed by atoms with Gasteiger partial charge in [0.2, 0.25) is 5.43 Å². The van der Waals surface area contributed by atoms with E-state index in [4.69, 9.17) is 16.3 Å². The average Bonchev–Trinajstić information content (AvgIpc) is 2.62. The Kier molecular flexibility index (Phi) is 4.19. The van der Waals surface area contributed by atoms with E-state index in [0.29, 0.717) is 33.9 Å². The Labute approximate surface area is 161 Å². The van der Waals surface area contributed by atoms with Crippen molar-refractivity contribution in [1.82, 2.24) is 4.57 Å². The summed E-state index contributed by atoms with van der Waals surface area (Å²) in [7, 11) is 0. The molecule has 1 amide bonds. The number of nitrogens with one attached hydrogen (secondary N) is 1. The van der Waals surface area contributed by atoms with Crippen molar-refractivity contribution in [3.8, 4) is 5.75 Å². The number of amides is 1. The molecule has 4 rings (SSSR count). The smallest absolute Gasteiger partial charge is 0.261 e. The molecule has 0 radical (unpaired) electrons. The Hall–Kier alpha value is -2.79. The molecular formula is C21H19ClN2O3. The van der Waals surface area contributed by atoms with E-state index in [1.807, 2.05) is 43.5 Å². The van der Waals surface area contributed by atoms with Gasteiger partial charge in [0, 0.05) is 11.9 Å². The van der Waals surface area contributed by atoms with E-state index >= 15 is 0 Å². The second kappa shape index (κ2) is 6.43. The van der Waals surface area contributed by atoms with Crippen LogP contribution in [0.3, 0.4) is 0 Å². The molecule has 0 saturated carbocycles. The lowest BCUT2D eigenvalue weighted by Gasteiger charge is -2.26. The summed E-state index contributed by atoms with van der Waals surface area (Å²) in [6.45, 7) is 6.46. The number of aromatic nitrogens is 1. The van der Waals surface area contributed by atoms with Gasteiger partial charge < -0.3 is 14.6 Å². The maximum atomic E-state index is 13.0. The van der Waals surface area contributed by atoms with Crippen LogP contribution in [0.2, 0.25) is 5.02 Å². The molecule has 138 valence electrons. The number of ether oxygens (including phenoxy) is 1. The standard InChI is InChI=1S/C21H19ClN2O3/c1-11-4-5-14(8-12(11)2)23-21(26)15-10-24-9-13(3)27-17-7-6-16(22)18(19(17)24)20(15)25/h4-8,10,13H,9H2,1-3H3,(H,23,26)/t13-/m0/s1. The molecule has 3 aromatic rings. The summed E-state index contributed by atoms with van der Waals surface area (Å²) < 4.78 is 7.69. The van der Waals surface area contributed by atoms with E-state index < -0.39 is 11.3 Å². The van der Waals surface area contributed by atoms with Gasteiger partial charge in [0.25, 0.3) is 5.91 Å². The average molecular weight is 383 g/mol. The Balaban J connectivity index is 1.84. The van der Waals surface area contributed by atoms with Gasteiger partial charge in [-0.05, 0) is 56.2 Å². The molecule has 5 nitrogen and oxygen atoms in total. The van der Waals surface area contributed by atoms with Crippen LogP contribution < -0.4 is 15.5 Å². The third-order valence-corrected chi connectivity index (χ3v) is 5.24. The molecule has 0 bridgehead atoms. The van der Waals surface area contributed by atoms with E-state index in [1.54, 1.807) is 18.3 Å². The van der Waals surface area contributed by atoms with E-state index in [2.05, 4.69) is 5.32 Å². The van der Waals surface area contributed by atoms with Crippen molar-refractivity contribution >= 4 is 34.1 Å². The first kappa shape index (κ1) is 17.6. The fourth-order valence-corrected chi connectivity index (χ4v) is 3.65. The van der Waals surface area contributed by atoms with E-state index in [9.17, 15) is 9.59 Å². The minimum atomic E-state index is -0.450. The van der Waals surface area contributed by atoms with Gasteiger partial charge in [0.1, 0.15) is 17.4 Å². The van der Waals surface area contributed by atoms with Gasteiger partial charge in [-0.2, -0.15) is 0 Å². The van der Waals surface area contributed by atoms with Crippen LogP contribution in [0.4, 0.5) is 5.69 Å². The molecule has 0 fully saturated rings. The number of nitrogens with zero attached hydrogens (tertiary/aromatic N) is 1. The Morgan fingerprint density at radius 2 is 2.00 bits per heavy atom. The molecular weight excluding hydrogens is 364 g/mol. The van der Waals surface area contributed by atoms with Crippen LogP contribution in [0.25, 0.3) is 10.9 Å². The summed E-state index contributed by atoms with van der Waals surface area (Å²) in [5, 5.41) is 3.45. The summed E-state index contributed by atoms with van der Waals surface area (Å²) in [5.74, 6) is 0.154. The number of anilines is 1. The number of hydrogen-bond acceptors (Lipinski definition) is 3. The van der Waals surface area contributed by atoms with Crippen LogP contribution >= 0.6 is 11.6 Å². The van der Waals surface area contributed by atoms with Gasteiger partial charge in [0.15, 0.2) is 0 Å². The largest absolute Gasteiger partial charge is 0.487 e. The predicted molar refractivity (Wildman–Crippen MR) is 107 cm³/mol. The first-order valence-electron chi connectivity index (χ1n) is 8.76. The van der Waals surface area contributed by atoms with Gasteiger partial charge in [0.05, 0.1) is 22.5 Å². The van der Waals surface area contributed by atoms with Crippen LogP contribution in [0.15, 0.2) is 41.3 Å². The van der Waals surface area contributed by atoms with Crippen LogP contribution in [-0.4, -0.2) is 16.6 Å². The first-order chi connectivity index (χ1) is 12.8. The van der Waals surface area contributed by atoms with E-state index in [-0.39, 0.29) is 11.7 Å². The van der Waals surface area contributed by atoms with Gasteiger partial charge >= 0.3 is 0 Å². The summed E-state index contributed by atoms with van der Waals surface area (Å²) in [5.41, 5.74) is 3.15. The Bertz CT molecular complexity index is 1150. The SMILES string of the molecule is Cc1ccc(NC(=O)c2cn3c4c(ccc(Cl)c4c2=O)O[C@@H](C)C3)cc1C. The van der Waals surface area contributed by atoms with E-state index in [0.717, 1.165) is 11.1 Å². The van der Waals surface area contributed by atoms with Crippen molar-refractivity contribution in [2.75, 3.05) is 5.32 Å². The molecule has 27 heavy (non-hydrogen) atoms. The minimum Gasteiger partial charge on any atom is -0.487 e. The zero-order valence-electron chi connectivity index (χ0n) is 15.3. The molecule has 2 aromatic carbocycles. The molecule has 1 aliphatic heterocycles. The molecule has 0 aliphatic carbocycles. The summed E-state index contributed by atoms with van der Waals surface area (Å²) in [6, 6.07) is 9.03. The minimum absolute atomic E-state index is 0.0638. The van der Waals surface area contributed by atoms with Gasteiger partial charge in [-0.15, -0.1) is 0 Å². The zero-order valence-corrected chi connectivity index (χ0v) is 16.1. The van der Waals surface area contributed by atoms with E-state index in [1.165, 1.54) is 0 Å². The number of halogens is 1. The molecule has 2 heterocycles. The maximum Gasteiger partial charge on any atom is 0.261 e. The van der Waals surface area contributed by atoms with Crippen LogP contribution in [0.1, 0.15) is 28.4 Å². The number of benzene rings is 2. The molecule has 0 unspecified atom stereocenters. The second-order valence-corrected chi connectivity index (χ2v) is 7.38. The number of pyridine rings is 1. The highest BCUT2D eigenvalue weighted by Crippen LogP contribution is 2.33. The third kappa shape index (κ3) is 2.98. The summed E-state index contributed by atoms with van der Waals surface area (Å²) in [6.07, 6.45) is 1.53. The fourth-order valence-electron chi connectivity index (χ4n) is 3.41. The normalized spacial score (nSPS) is 15.5. The number of rotatable bonds is 2. The second-order valence-electron chi connectivity index (χ2n) is 6.98. The fraction of sp³-hybridized carbons (Fsp3) is 0.238. The number of aryl methyl sites for hydroxylation is 2. The van der Waals surface area contributed by atoms with Crippen LogP contribution in [0, 0.1) is 13.8 Å². The quantitative estimate of drug-likeness (QED) is 0.718. The monoisotopic (exact) mass is 382 g/mol. The molecule has 1 aliphatic rings. The zero-order chi connectivity index (χ0) is 19.3. The van der Waals surface area contributed by atoms with Crippen molar-refractivity contribution in [3.63, 3.8) is 0 Å². The lowest BCUT2D eigenvalue weighted by molar-refractivity contribution is 0.102. The highest BCUT2D eigenvalue weighted by molar-refractivity contribution is 6.35. The summed E-state index contributed by atoms with van der Waals surface area (Å²) >= 11 is 6.30. The maximum absolute atomic E-state index is 13.0. The molecule has 6 heteroatoms. The van der Waals surface area contributed by atoms with Crippen molar-refractivity contribution in [1.29, 1.82) is 0 Å². The highest BCUT2D eigenvalue weighted by atomic mass is 35.5. The molecule has 0 saturated heterocycles. The Morgan fingerprint density at radius 1 is 1.22 bits per heavy atom. The topological polar surface area (TPSA) is 60.3 Å². The molecule has 1 aromatic heterocycles. The highest BCUT2D eigenvalue weighted by Gasteiger charge is 2.24. The van der Waals surface area contributed by atoms with Gasteiger partial charge in [-0.1, -0.05) is 17.7 Å². The number of carbonyl (C=O) groups is 1. The van der Waals surface area contributed by atoms with Crippen LogP contribution in [-0.2, 0) is 6.54 Å². The molecule has 1 atom stereocenters. The number of carbonyl (C=O) groups excluding carboxylic acids is 1. The Morgan fingerprint density at radius 3 is 2.74 bits per heavy atom. The van der Waals surface area contributed by atoms with Gasteiger partial charge in [-0.3, -0.25) is 9.59 Å².